The predicted octanol–water partition coefficient (Wildman–Crippen LogP) is 4.55. The molecule has 3 aromatic carbocycles. The Bertz CT molecular complexity index is 1490. The van der Waals surface area contributed by atoms with Crippen LogP contribution in [0, 0.1) is 0 Å². The Hall–Kier alpha value is -4.55. The summed E-state index contributed by atoms with van der Waals surface area (Å²) in [5.41, 5.74) is 5.73. The summed E-state index contributed by atoms with van der Waals surface area (Å²) in [6, 6.07) is 19.2. The van der Waals surface area contributed by atoms with Crippen molar-refractivity contribution < 1.29 is 33.6 Å². The van der Waals surface area contributed by atoms with Crippen molar-refractivity contribution in [2.24, 2.45) is 5.10 Å². The number of aliphatic hydroxyl groups excluding tert-OH is 1. The van der Waals surface area contributed by atoms with E-state index in [2.05, 4.69) is 37.1 Å². The number of esters is 1. The van der Waals surface area contributed by atoms with Crippen LogP contribution in [-0.4, -0.2) is 49.9 Å². The van der Waals surface area contributed by atoms with Crippen LogP contribution >= 0.6 is 15.9 Å². The van der Waals surface area contributed by atoms with Gasteiger partial charge in [-0.1, -0.05) is 46.3 Å². The number of amides is 2. The number of hydrazone groups is 1. The summed E-state index contributed by atoms with van der Waals surface area (Å²) >= 11 is 3.42. The number of carbonyl (C=O) groups excluding carboxylic acids is 2. The molecule has 2 atom stereocenters. The van der Waals surface area contributed by atoms with Gasteiger partial charge >= 0.3 is 12.0 Å². The Morgan fingerprint density at radius 1 is 1.09 bits per heavy atom. The Balaban J connectivity index is 1.35. The molecular weight excluding hydrogens is 620 g/mol. The Morgan fingerprint density at radius 2 is 1.88 bits per heavy atom. The monoisotopic (exact) mass is 652 g/mol. The van der Waals surface area contributed by atoms with Crippen LogP contribution in [0.3, 0.4) is 0 Å². The van der Waals surface area contributed by atoms with Crippen LogP contribution < -0.4 is 30.3 Å². The normalized spacial score (nSPS) is 15.4. The molecule has 0 saturated heterocycles. The minimum Gasteiger partial charge on any atom is -0.490 e. The van der Waals surface area contributed by atoms with Crippen LogP contribution in [0.5, 0.6) is 17.2 Å². The highest BCUT2D eigenvalue weighted by atomic mass is 79.9. The summed E-state index contributed by atoms with van der Waals surface area (Å²) < 4.78 is 23.3. The summed E-state index contributed by atoms with van der Waals surface area (Å²) in [6.45, 7) is 4.09. The molecular formula is C31H33BrN4O7. The number of nitrogens with one attached hydrogen (secondary N) is 3. The lowest BCUT2D eigenvalue weighted by Gasteiger charge is -2.28. The zero-order valence-corrected chi connectivity index (χ0v) is 25.5. The first kappa shape index (κ1) is 31.4. The quantitative estimate of drug-likeness (QED) is 0.0913. The van der Waals surface area contributed by atoms with Crippen molar-refractivity contribution in [1.29, 1.82) is 0 Å². The van der Waals surface area contributed by atoms with Crippen LogP contribution in [0.4, 0.5) is 4.79 Å². The lowest BCUT2D eigenvalue weighted by atomic mass is 9.95. The molecule has 0 unspecified atom stereocenters. The van der Waals surface area contributed by atoms with Crippen molar-refractivity contribution in [3.8, 4) is 17.2 Å². The van der Waals surface area contributed by atoms with Crippen LogP contribution in [0.2, 0.25) is 0 Å². The third-order valence-electron chi connectivity index (χ3n) is 6.29. The van der Waals surface area contributed by atoms with Gasteiger partial charge in [-0.15, -0.1) is 0 Å². The van der Waals surface area contributed by atoms with Gasteiger partial charge in [-0.05, 0) is 66.9 Å². The maximum absolute atomic E-state index is 12.4. The van der Waals surface area contributed by atoms with E-state index in [0.717, 1.165) is 15.6 Å². The molecule has 4 rings (SSSR count). The van der Waals surface area contributed by atoms with Gasteiger partial charge in [0.1, 0.15) is 19.0 Å². The highest BCUT2D eigenvalue weighted by molar-refractivity contribution is 9.10. The Kier molecular flexibility index (Phi) is 11.0. The predicted molar refractivity (Wildman–Crippen MR) is 164 cm³/mol. The van der Waals surface area contributed by atoms with Crippen LogP contribution in [0.15, 0.2) is 87.6 Å². The number of carbonyl (C=O) groups is 2. The lowest BCUT2D eigenvalue weighted by Crippen LogP contribution is -2.45. The first-order valence-corrected chi connectivity index (χ1v) is 14.3. The average Bonchev–Trinajstić information content (AvgIpc) is 3.00. The van der Waals surface area contributed by atoms with Gasteiger partial charge in [-0.3, -0.25) is 5.43 Å². The van der Waals surface area contributed by atoms with Crippen molar-refractivity contribution in [1.82, 2.24) is 16.1 Å². The lowest BCUT2D eigenvalue weighted by molar-refractivity contribution is -0.136. The van der Waals surface area contributed by atoms with E-state index in [1.165, 1.54) is 7.11 Å². The molecule has 0 radical (unpaired) electrons. The summed E-state index contributed by atoms with van der Waals surface area (Å²) in [6.07, 6.45) is 0.445. The second-order valence-corrected chi connectivity index (χ2v) is 10.3. The van der Waals surface area contributed by atoms with Gasteiger partial charge in [0.15, 0.2) is 17.7 Å². The van der Waals surface area contributed by atoms with Crippen LogP contribution in [-0.2, 0) is 16.1 Å². The van der Waals surface area contributed by atoms with E-state index in [1.54, 1.807) is 31.3 Å². The van der Waals surface area contributed by atoms with Crippen LogP contribution in [0.25, 0.3) is 0 Å². The number of hydrogen-bond acceptors (Lipinski definition) is 9. The Labute approximate surface area is 258 Å². The van der Waals surface area contributed by atoms with Gasteiger partial charge in [-0.2, -0.15) is 5.10 Å². The summed E-state index contributed by atoms with van der Waals surface area (Å²) in [4.78, 5) is 24.6. The smallest absolute Gasteiger partial charge is 0.337 e. The number of ether oxygens (including phenoxy) is 4. The molecule has 1 aliphatic heterocycles. The standard InChI is InChI=1S/C31H33BrN4O7/c1-4-41-26-15-22(29-28(30(38)40-3)19(2)34-31(39)35-29)10-13-25(26)43-18-27(37)36-33-16-21-6-5-7-24(14-21)42-17-20-8-11-23(32)12-9-20/h5-16,27,29,36-37H,4,17-18H2,1-3H3,(H2,34,35,39)/b33-16+/t27-,29-/m0/s1. The van der Waals surface area contributed by atoms with Gasteiger partial charge in [-0.25, -0.2) is 9.59 Å². The van der Waals surface area contributed by atoms with Crippen LogP contribution in [0.1, 0.15) is 36.6 Å². The van der Waals surface area contributed by atoms with Gasteiger partial charge in [0, 0.05) is 10.2 Å². The largest absolute Gasteiger partial charge is 0.490 e. The van der Waals surface area contributed by atoms with E-state index < -0.39 is 24.3 Å². The van der Waals surface area contributed by atoms with E-state index in [0.29, 0.717) is 41.7 Å². The van der Waals surface area contributed by atoms with E-state index >= 15 is 0 Å². The number of benzene rings is 3. The SMILES string of the molecule is CCOc1cc([C@@H]2NC(=O)NC(C)=C2C(=O)OC)ccc1OC[C@H](O)N/N=C/c1cccc(OCc2ccc(Br)cc2)c1. The number of rotatable bonds is 13. The number of halogens is 1. The number of allylic oxidation sites excluding steroid dienone is 1. The molecule has 1 heterocycles. The number of aliphatic hydroxyl groups is 1. The van der Waals surface area contributed by atoms with Gasteiger partial charge in [0.2, 0.25) is 0 Å². The molecule has 12 heteroatoms. The maximum atomic E-state index is 12.4. The molecule has 43 heavy (non-hydrogen) atoms. The first-order valence-electron chi connectivity index (χ1n) is 13.5. The zero-order valence-electron chi connectivity index (χ0n) is 23.9. The topological polar surface area (TPSA) is 140 Å². The Morgan fingerprint density at radius 3 is 2.63 bits per heavy atom. The molecule has 0 spiro atoms. The molecule has 0 saturated carbocycles. The second-order valence-electron chi connectivity index (χ2n) is 9.40. The summed E-state index contributed by atoms with van der Waals surface area (Å²) in [5.74, 6) is 0.871. The molecule has 4 N–H and O–H groups in total. The number of nitrogens with zero attached hydrogens (tertiary/aromatic N) is 1. The third-order valence-corrected chi connectivity index (χ3v) is 6.81. The number of methoxy groups -OCH3 is 1. The minimum atomic E-state index is -1.12. The van der Waals surface area contributed by atoms with Crippen molar-refractivity contribution in [2.45, 2.75) is 32.7 Å². The maximum Gasteiger partial charge on any atom is 0.337 e. The van der Waals surface area contributed by atoms with Gasteiger partial charge in [0.05, 0.1) is 31.5 Å². The van der Waals surface area contributed by atoms with E-state index in [4.69, 9.17) is 18.9 Å². The molecule has 0 aromatic heterocycles. The number of urea groups is 1. The first-order chi connectivity index (χ1) is 20.8. The highest BCUT2D eigenvalue weighted by Crippen LogP contribution is 2.35. The summed E-state index contributed by atoms with van der Waals surface area (Å²) in [5, 5.41) is 19.8. The molecule has 0 bridgehead atoms. The van der Waals surface area contributed by atoms with E-state index in [1.807, 2.05) is 55.5 Å². The molecule has 1 aliphatic rings. The molecule has 3 aromatic rings. The van der Waals surface area contributed by atoms with Gasteiger partial charge in [0.25, 0.3) is 0 Å². The summed E-state index contributed by atoms with van der Waals surface area (Å²) in [7, 11) is 1.28. The zero-order chi connectivity index (χ0) is 30.8. The highest BCUT2D eigenvalue weighted by Gasteiger charge is 2.32. The fourth-order valence-corrected chi connectivity index (χ4v) is 4.52. The second kappa shape index (κ2) is 15.1. The molecule has 0 fully saturated rings. The minimum absolute atomic E-state index is 0.135. The van der Waals surface area contributed by atoms with Gasteiger partial charge < -0.3 is 34.7 Å². The van der Waals surface area contributed by atoms with Crippen molar-refractivity contribution in [2.75, 3.05) is 20.3 Å². The van der Waals surface area contributed by atoms with E-state index in [-0.39, 0.29) is 12.2 Å². The third kappa shape index (κ3) is 8.72. The fraction of sp³-hybridized carbons (Fsp3) is 0.258. The molecule has 2 amide bonds. The molecule has 11 nitrogen and oxygen atoms in total. The van der Waals surface area contributed by atoms with Crippen molar-refractivity contribution in [3.05, 3.63) is 99.2 Å². The fourth-order valence-electron chi connectivity index (χ4n) is 4.25. The molecule has 0 aliphatic carbocycles. The molecule has 226 valence electrons. The number of hydrogen-bond donors (Lipinski definition) is 4. The van der Waals surface area contributed by atoms with Crippen molar-refractivity contribution >= 4 is 34.1 Å². The van der Waals surface area contributed by atoms with E-state index in [9.17, 15) is 14.7 Å². The average molecular weight is 654 g/mol. The van der Waals surface area contributed by atoms with Crippen molar-refractivity contribution in [3.63, 3.8) is 0 Å².